The molecule has 1 atom stereocenters. The Morgan fingerprint density at radius 1 is 1.32 bits per heavy atom. The Morgan fingerprint density at radius 2 is 2.00 bits per heavy atom. The van der Waals surface area contributed by atoms with E-state index in [9.17, 15) is 4.79 Å². The van der Waals surface area contributed by atoms with Crippen LogP contribution in [0.3, 0.4) is 0 Å². The van der Waals surface area contributed by atoms with Crippen molar-refractivity contribution in [3.8, 4) is 11.5 Å². The molecule has 5 heteroatoms. The molecule has 1 aromatic carbocycles. The van der Waals surface area contributed by atoms with Gasteiger partial charge in [0, 0.05) is 17.7 Å². The molecule has 0 saturated heterocycles. The Bertz CT molecular complexity index is 429. The smallest absolute Gasteiger partial charge is 0.344 e. The van der Waals surface area contributed by atoms with E-state index in [0.29, 0.717) is 11.5 Å². The maximum absolute atomic E-state index is 11.5. The molecule has 0 aliphatic carbocycles. The van der Waals surface area contributed by atoms with Crippen LogP contribution in [0.2, 0.25) is 0 Å². The van der Waals surface area contributed by atoms with Crippen LogP contribution < -0.4 is 15.2 Å². The van der Waals surface area contributed by atoms with Crippen LogP contribution in [-0.2, 0) is 9.53 Å². The summed E-state index contributed by atoms with van der Waals surface area (Å²) < 4.78 is 15.6. The van der Waals surface area contributed by atoms with Crippen LogP contribution in [-0.4, -0.2) is 25.8 Å². The Kier molecular flexibility index (Phi) is 5.63. The van der Waals surface area contributed by atoms with Crippen LogP contribution in [0, 0.1) is 0 Å². The van der Waals surface area contributed by atoms with Gasteiger partial charge in [0.2, 0.25) is 0 Å². The van der Waals surface area contributed by atoms with Crippen molar-refractivity contribution in [2.24, 2.45) is 5.73 Å². The van der Waals surface area contributed by atoms with Gasteiger partial charge in [0.25, 0.3) is 0 Å². The number of hydrogen-bond donors (Lipinski definition) is 1. The normalized spacial score (nSPS) is 12.1. The molecule has 0 aliphatic heterocycles. The van der Waals surface area contributed by atoms with E-state index >= 15 is 0 Å². The maximum Gasteiger partial charge on any atom is 0.344 e. The summed E-state index contributed by atoms with van der Waals surface area (Å²) in [4.78, 5) is 11.5. The fraction of sp³-hybridized carbons (Fsp3) is 0.500. The van der Waals surface area contributed by atoms with Crippen molar-refractivity contribution >= 4 is 5.97 Å². The van der Waals surface area contributed by atoms with Crippen LogP contribution in [0.5, 0.6) is 11.5 Å². The van der Waals surface area contributed by atoms with Gasteiger partial charge in [-0.05, 0) is 26.8 Å². The van der Waals surface area contributed by atoms with E-state index in [-0.39, 0.29) is 18.8 Å². The standard InChI is InChI=1S/C14H21NO4/c1-9(2)19-14(16)8-18-13-7-11(17-4)5-6-12(13)10(3)15/h5-7,9-10H,8,15H2,1-4H3/t10-/m1/s1. The molecule has 106 valence electrons. The van der Waals surface area contributed by atoms with Crippen molar-refractivity contribution in [1.29, 1.82) is 0 Å². The van der Waals surface area contributed by atoms with Gasteiger partial charge in [0.15, 0.2) is 6.61 Å². The monoisotopic (exact) mass is 267 g/mol. The van der Waals surface area contributed by atoms with Gasteiger partial charge in [-0.2, -0.15) is 0 Å². The van der Waals surface area contributed by atoms with Crippen LogP contribution in [0.1, 0.15) is 32.4 Å². The zero-order chi connectivity index (χ0) is 14.4. The Morgan fingerprint density at radius 3 is 2.53 bits per heavy atom. The second-order valence-corrected chi connectivity index (χ2v) is 4.52. The van der Waals surface area contributed by atoms with Crippen molar-refractivity contribution in [3.05, 3.63) is 23.8 Å². The first-order valence-electron chi connectivity index (χ1n) is 6.19. The van der Waals surface area contributed by atoms with Crippen molar-refractivity contribution in [1.82, 2.24) is 0 Å². The van der Waals surface area contributed by atoms with E-state index < -0.39 is 5.97 Å². The highest BCUT2D eigenvalue weighted by Gasteiger charge is 2.12. The van der Waals surface area contributed by atoms with Crippen LogP contribution in [0.4, 0.5) is 0 Å². The molecule has 0 heterocycles. The molecule has 0 bridgehead atoms. The van der Waals surface area contributed by atoms with Gasteiger partial charge in [-0.3, -0.25) is 0 Å². The molecule has 2 N–H and O–H groups in total. The molecule has 0 amide bonds. The van der Waals surface area contributed by atoms with Crippen molar-refractivity contribution < 1.29 is 19.0 Å². The fourth-order valence-corrected chi connectivity index (χ4v) is 1.58. The topological polar surface area (TPSA) is 70.8 Å². The summed E-state index contributed by atoms with van der Waals surface area (Å²) in [6.45, 7) is 5.28. The van der Waals surface area contributed by atoms with Crippen LogP contribution in [0.15, 0.2) is 18.2 Å². The van der Waals surface area contributed by atoms with E-state index in [1.165, 1.54) is 0 Å². The largest absolute Gasteiger partial charge is 0.497 e. The first-order valence-corrected chi connectivity index (χ1v) is 6.19. The zero-order valence-electron chi connectivity index (χ0n) is 11.8. The number of methoxy groups -OCH3 is 1. The van der Waals surface area contributed by atoms with E-state index in [2.05, 4.69) is 0 Å². The predicted molar refractivity (Wildman–Crippen MR) is 72.3 cm³/mol. The molecule has 1 aromatic rings. The van der Waals surface area contributed by atoms with Crippen molar-refractivity contribution in [2.45, 2.75) is 32.9 Å². The molecule has 0 aliphatic rings. The summed E-state index contributed by atoms with van der Waals surface area (Å²) in [5, 5.41) is 0. The number of rotatable bonds is 6. The molecule has 5 nitrogen and oxygen atoms in total. The second kappa shape index (κ2) is 6.99. The maximum atomic E-state index is 11.5. The summed E-state index contributed by atoms with van der Waals surface area (Å²) in [5.74, 6) is 0.778. The van der Waals surface area contributed by atoms with Gasteiger partial charge in [0.05, 0.1) is 13.2 Å². The van der Waals surface area contributed by atoms with E-state index in [0.717, 1.165) is 5.56 Å². The first kappa shape index (κ1) is 15.3. The Labute approximate surface area is 113 Å². The van der Waals surface area contributed by atoms with Crippen LogP contribution in [0.25, 0.3) is 0 Å². The number of benzene rings is 1. The summed E-state index contributed by atoms with van der Waals surface area (Å²) in [5.41, 5.74) is 6.67. The fourth-order valence-electron chi connectivity index (χ4n) is 1.58. The summed E-state index contributed by atoms with van der Waals surface area (Å²) >= 11 is 0. The lowest BCUT2D eigenvalue weighted by Gasteiger charge is -2.15. The van der Waals surface area contributed by atoms with Crippen molar-refractivity contribution in [3.63, 3.8) is 0 Å². The van der Waals surface area contributed by atoms with Gasteiger partial charge < -0.3 is 19.9 Å². The van der Waals surface area contributed by atoms with Gasteiger partial charge in [-0.15, -0.1) is 0 Å². The number of carbonyl (C=O) groups excluding carboxylic acids is 1. The lowest BCUT2D eigenvalue weighted by Crippen LogP contribution is -2.19. The minimum atomic E-state index is -0.409. The Balaban J connectivity index is 2.77. The van der Waals surface area contributed by atoms with Crippen LogP contribution >= 0.6 is 0 Å². The highest BCUT2D eigenvalue weighted by Crippen LogP contribution is 2.28. The SMILES string of the molecule is COc1ccc([C@@H](C)N)c(OCC(=O)OC(C)C)c1. The highest BCUT2D eigenvalue weighted by molar-refractivity contribution is 5.71. The highest BCUT2D eigenvalue weighted by atomic mass is 16.6. The van der Waals surface area contributed by atoms with Gasteiger partial charge in [0.1, 0.15) is 11.5 Å². The minimum absolute atomic E-state index is 0.148. The third-order valence-corrected chi connectivity index (χ3v) is 2.42. The Hall–Kier alpha value is -1.75. The summed E-state index contributed by atoms with van der Waals surface area (Å²) in [7, 11) is 1.57. The quantitative estimate of drug-likeness (QED) is 0.799. The van der Waals surface area contributed by atoms with Gasteiger partial charge >= 0.3 is 5.97 Å². The molecule has 1 rings (SSSR count). The number of ether oxygens (including phenoxy) is 3. The molecule has 0 fully saturated rings. The minimum Gasteiger partial charge on any atom is -0.497 e. The molecule has 0 aromatic heterocycles. The van der Waals surface area contributed by atoms with E-state index in [1.54, 1.807) is 33.1 Å². The van der Waals surface area contributed by atoms with E-state index in [1.807, 2.05) is 13.0 Å². The average molecular weight is 267 g/mol. The zero-order valence-corrected chi connectivity index (χ0v) is 11.8. The molecule has 0 radical (unpaired) electrons. The summed E-state index contributed by atoms with van der Waals surface area (Å²) in [6, 6.07) is 5.15. The number of carbonyl (C=O) groups is 1. The predicted octanol–water partition coefficient (Wildman–Crippen LogP) is 2.05. The molecule has 0 saturated carbocycles. The molecule has 19 heavy (non-hydrogen) atoms. The van der Waals surface area contributed by atoms with Gasteiger partial charge in [-0.25, -0.2) is 4.79 Å². The third-order valence-electron chi connectivity index (χ3n) is 2.42. The molecular formula is C14H21NO4. The molecular weight excluding hydrogens is 246 g/mol. The number of esters is 1. The summed E-state index contributed by atoms with van der Waals surface area (Å²) in [6.07, 6.45) is -0.158. The molecule has 0 unspecified atom stereocenters. The third kappa shape index (κ3) is 4.79. The molecule has 0 spiro atoms. The van der Waals surface area contributed by atoms with E-state index in [4.69, 9.17) is 19.9 Å². The average Bonchev–Trinajstić information content (AvgIpc) is 2.34. The lowest BCUT2D eigenvalue weighted by atomic mass is 10.1. The van der Waals surface area contributed by atoms with Gasteiger partial charge in [-0.1, -0.05) is 6.07 Å². The lowest BCUT2D eigenvalue weighted by molar-refractivity contribution is -0.149. The second-order valence-electron chi connectivity index (χ2n) is 4.52. The number of nitrogens with two attached hydrogens (primary N) is 1. The van der Waals surface area contributed by atoms with Crippen molar-refractivity contribution in [2.75, 3.05) is 13.7 Å². The number of hydrogen-bond acceptors (Lipinski definition) is 5. The first-order chi connectivity index (χ1) is 8.93.